The fraction of sp³-hybridized carbons (Fsp3) is 0.438. The van der Waals surface area contributed by atoms with Gasteiger partial charge >= 0.3 is 0 Å². The van der Waals surface area contributed by atoms with Gasteiger partial charge in [0.15, 0.2) is 0 Å². The number of hydrogen-bond acceptors (Lipinski definition) is 4. The van der Waals surface area contributed by atoms with Crippen molar-refractivity contribution in [2.45, 2.75) is 18.7 Å². The first-order valence-corrected chi connectivity index (χ1v) is 8.21. The zero-order chi connectivity index (χ0) is 13.9. The number of para-hydroxylation sites is 1. The van der Waals surface area contributed by atoms with Crippen molar-refractivity contribution in [3.8, 4) is 0 Å². The molecule has 3 nitrogen and oxygen atoms in total. The van der Waals surface area contributed by atoms with Crippen LogP contribution in [-0.2, 0) is 6.54 Å². The van der Waals surface area contributed by atoms with Gasteiger partial charge in [-0.25, -0.2) is 4.98 Å². The number of aromatic nitrogens is 1. The molecule has 20 heavy (non-hydrogen) atoms. The highest BCUT2D eigenvalue weighted by molar-refractivity contribution is 7.99. The van der Waals surface area contributed by atoms with Crippen molar-refractivity contribution in [1.29, 1.82) is 0 Å². The number of anilines is 1. The van der Waals surface area contributed by atoms with Gasteiger partial charge in [-0.2, -0.15) is 11.8 Å². The van der Waals surface area contributed by atoms with Crippen LogP contribution in [0.5, 0.6) is 0 Å². The first kappa shape index (κ1) is 13.7. The molecule has 106 valence electrons. The molecule has 1 saturated heterocycles. The second kappa shape index (κ2) is 6.02. The van der Waals surface area contributed by atoms with E-state index in [2.05, 4.69) is 53.2 Å². The van der Waals surface area contributed by atoms with Crippen LogP contribution in [0.4, 0.5) is 5.82 Å². The van der Waals surface area contributed by atoms with Crippen molar-refractivity contribution in [1.82, 2.24) is 9.88 Å². The van der Waals surface area contributed by atoms with Gasteiger partial charge in [-0.05, 0) is 12.1 Å². The molecule has 0 aliphatic carbocycles. The van der Waals surface area contributed by atoms with E-state index in [1.165, 1.54) is 29.8 Å². The minimum absolute atomic E-state index is 0.732. The summed E-state index contributed by atoms with van der Waals surface area (Å²) in [5, 5.41) is 5.20. The summed E-state index contributed by atoms with van der Waals surface area (Å²) in [6, 6.07) is 10.6. The largest absolute Gasteiger partial charge is 0.373 e. The Morgan fingerprint density at radius 3 is 3.05 bits per heavy atom. The van der Waals surface area contributed by atoms with Crippen molar-refractivity contribution in [2.75, 3.05) is 31.2 Å². The lowest BCUT2D eigenvalue weighted by Crippen LogP contribution is -2.36. The van der Waals surface area contributed by atoms with Crippen LogP contribution in [0.2, 0.25) is 0 Å². The third kappa shape index (κ3) is 2.91. The second-order valence-corrected chi connectivity index (χ2v) is 6.90. The van der Waals surface area contributed by atoms with Crippen LogP contribution in [0.1, 0.15) is 12.5 Å². The lowest BCUT2D eigenvalue weighted by atomic mass is 10.1. The van der Waals surface area contributed by atoms with Crippen molar-refractivity contribution in [3.05, 3.63) is 35.9 Å². The molecule has 1 fully saturated rings. The number of nitrogens with zero attached hydrogens (tertiary/aromatic N) is 2. The fourth-order valence-corrected chi connectivity index (χ4v) is 3.85. The van der Waals surface area contributed by atoms with E-state index in [9.17, 15) is 0 Å². The Hall–Kier alpha value is -1.26. The van der Waals surface area contributed by atoms with E-state index in [4.69, 9.17) is 4.98 Å². The van der Waals surface area contributed by atoms with E-state index in [1.807, 2.05) is 13.1 Å². The molecule has 4 heteroatoms. The lowest BCUT2D eigenvalue weighted by Gasteiger charge is -2.30. The quantitative estimate of drug-likeness (QED) is 0.938. The van der Waals surface area contributed by atoms with Gasteiger partial charge in [-0.15, -0.1) is 0 Å². The molecule has 0 bridgehead atoms. The molecule has 1 aliphatic heterocycles. The van der Waals surface area contributed by atoms with Gasteiger partial charge in [0.25, 0.3) is 0 Å². The summed E-state index contributed by atoms with van der Waals surface area (Å²) >= 11 is 2.07. The number of nitrogens with one attached hydrogen (secondary N) is 1. The minimum atomic E-state index is 0.732. The van der Waals surface area contributed by atoms with Crippen LogP contribution in [0.15, 0.2) is 30.3 Å². The molecule has 0 saturated carbocycles. The molecule has 1 N–H and O–H groups in total. The topological polar surface area (TPSA) is 28.2 Å². The third-order valence-electron chi connectivity index (χ3n) is 3.76. The fourth-order valence-electron chi connectivity index (χ4n) is 2.77. The smallest absolute Gasteiger partial charge is 0.130 e. The molecule has 1 unspecified atom stereocenters. The third-order valence-corrected chi connectivity index (χ3v) is 4.90. The number of benzene rings is 1. The summed E-state index contributed by atoms with van der Waals surface area (Å²) in [7, 11) is 1.95. The molecule has 1 atom stereocenters. The maximum absolute atomic E-state index is 4.74. The summed E-state index contributed by atoms with van der Waals surface area (Å²) in [5.41, 5.74) is 2.36. The lowest BCUT2D eigenvalue weighted by molar-refractivity contribution is 0.279. The van der Waals surface area contributed by atoms with Crippen molar-refractivity contribution in [2.24, 2.45) is 0 Å². The van der Waals surface area contributed by atoms with Crippen LogP contribution in [0.3, 0.4) is 0 Å². The highest BCUT2D eigenvalue weighted by atomic mass is 32.2. The SMILES string of the molecule is CNc1nc2ccccc2cc1CN1CCSC(C)C1. The molecule has 1 aliphatic rings. The Morgan fingerprint density at radius 2 is 2.25 bits per heavy atom. The molecule has 0 spiro atoms. The average molecular weight is 287 g/mol. The summed E-state index contributed by atoms with van der Waals surface area (Å²) in [5.74, 6) is 2.24. The summed E-state index contributed by atoms with van der Waals surface area (Å²) in [4.78, 5) is 7.27. The number of fused-ring (bicyclic) bond motifs is 1. The zero-order valence-corrected chi connectivity index (χ0v) is 12.9. The van der Waals surface area contributed by atoms with E-state index in [-0.39, 0.29) is 0 Å². The molecule has 2 heterocycles. The molecular formula is C16H21N3S. The number of pyridine rings is 1. The summed E-state index contributed by atoms with van der Waals surface area (Å²) in [6.07, 6.45) is 0. The van der Waals surface area contributed by atoms with Gasteiger partial charge in [-0.3, -0.25) is 4.90 Å². The molecular weight excluding hydrogens is 266 g/mol. The van der Waals surface area contributed by atoms with E-state index >= 15 is 0 Å². The minimum Gasteiger partial charge on any atom is -0.373 e. The summed E-state index contributed by atoms with van der Waals surface area (Å²) in [6.45, 7) is 5.64. The van der Waals surface area contributed by atoms with Crippen molar-refractivity contribution in [3.63, 3.8) is 0 Å². The predicted molar refractivity (Wildman–Crippen MR) is 88.5 cm³/mol. The van der Waals surface area contributed by atoms with Crippen LogP contribution >= 0.6 is 11.8 Å². The second-order valence-electron chi connectivity index (χ2n) is 5.36. The molecule has 1 aromatic heterocycles. The number of rotatable bonds is 3. The monoisotopic (exact) mass is 287 g/mol. The number of hydrogen-bond donors (Lipinski definition) is 1. The first-order valence-electron chi connectivity index (χ1n) is 7.16. The molecule has 1 aromatic carbocycles. The molecule has 2 aromatic rings. The standard InChI is InChI=1S/C16H21N3S/c1-12-10-19(7-8-20-12)11-14-9-13-5-3-4-6-15(13)18-16(14)17-2/h3-6,9,12H,7-8,10-11H2,1-2H3,(H,17,18). The van der Waals surface area contributed by atoms with Gasteiger partial charge in [0.2, 0.25) is 0 Å². The Balaban J connectivity index is 1.89. The Kier molecular flexibility index (Phi) is 4.13. The highest BCUT2D eigenvalue weighted by Gasteiger charge is 2.18. The van der Waals surface area contributed by atoms with E-state index in [1.54, 1.807) is 0 Å². The number of thioether (sulfide) groups is 1. The van der Waals surface area contributed by atoms with Crippen LogP contribution in [-0.4, -0.2) is 41.0 Å². The zero-order valence-electron chi connectivity index (χ0n) is 12.1. The molecule has 0 amide bonds. The van der Waals surface area contributed by atoms with Crippen molar-refractivity contribution < 1.29 is 0 Å². The Labute approximate surface area is 124 Å². The predicted octanol–water partition coefficient (Wildman–Crippen LogP) is 3.21. The van der Waals surface area contributed by atoms with Gasteiger partial charge in [0.1, 0.15) is 5.82 Å². The van der Waals surface area contributed by atoms with Gasteiger partial charge in [0.05, 0.1) is 5.52 Å². The van der Waals surface area contributed by atoms with Crippen LogP contribution in [0.25, 0.3) is 10.9 Å². The van der Waals surface area contributed by atoms with Crippen LogP contribution < -0.4 is 5.32 Å². The Morgan fingerprint density at radius 1 is 1.40 bits per heavy atom. The molecule has 3 rings (SSSR count). The van der Waals surface area contributed by atoms with E-state index < -0.39 is 0 Å². The summed E-state index contributed by atoms with van der Waals surface area (Å²) < 4.78 is 0. The van der Waals surface area contributed by atoms with E-state index in [0.29, 0.717) is 0 Å². The van der Waals surface area contributed by atoms with Crippen molar-refractivity contribution >= 4 is 28.5 Å². The first-order chi connectivity index (χ1) is 9.76. The van der Waals surface area contributed by atoms with Gasteiger partial charge < -0.3 is 5.32 Å². The normalized spacial score (nSPS) is 20.2. The van der Waals surface area contributed by atoms with Gasteiger partial charge in [0, 0.05) is 48.6 Å². The highest BCUT2D eigenvalue weighted by Crippen LogP contribution is 2.24. The average Bonchev–Trinajstić information content (AvgIpc) is 2.46. The van der Waals surface area contributed by atoms with Crippen LogP contribution in [0, 0.1) is 0 Å². The maximum Gasteiger partial charge on any atom is 0.130 e. The maximum atomic E-state index is 4.74. The van der Waals surface area contributed by atoms with E-state index in [0.717, 1.165) is 23.1 Å². The Bertz CT molecular complexity index is 599. The van der Waals surface area contributed by atoms with Gasteiger partial charge in [-0.1, -0.05) is 25.1 Å². The molecule has 0 radical (unpaired) electrons.